The first-order chi connectivity index (χ1) is 9.80. The number of carbonyl (C=O) groups excluding carboxylic acids is 1. The molecule has 0 atom stereocenters. The molecule has 1 fully saturated rings. The first-order valence-electron chi connectivity index (χ1n) is 7.36. The molecule has 2 N–H and O–H groups in total. The van der Waals surface area contributed by atoms with Gasteiger partial charge in [0.2, 0.25) is 0 Å². The van der Waals surface area contributed by atoms with Gasteiger partial charge in [-0.1, -0.05) is 27.7 Å². The molecule has 1 aromatic heterocycles. The number of hydrogen-bond donors (Lipinski definition) is 1. The van der Waals surface area contributed by atoms with Gasteiger partial charge in [-0.25, -0.2) is 9.97 Å². The van der Waals surface area contributed by atoms with Gasteiger partial charge in [-0.3, -0.25) is 4.79 Å². The molecule has 21 heavy (non-hydrogen) atoms. The van der Waals surface area contributed by atoms with Crippen molar-refractivity contribution in [2.75, 3.05) is 24.6 Å². The van der Waals surface area contributed by atoms with Gasteiger partial charge in [-0.2, -0.15) is 11.8 Å². The molecule has 0 bridgehead atoms. The molecule has 1 aliphatic heterocycles. The van der Waals surface area contributed by atoms with Crippen molar-refractivity contribution in [2.24, 2.45) is 0 Å². The Morgan fingerprint density at radius 3 is 2.81 bits per heavy atom. The summed E-state index contributed by atoms with van der Waals surface area (Å²) in [6.07, 6.45) is 2.53. The number of rotatable bonds is 2. The summed E-state index contributed by atoms with van der Waals surface area (Å²) in [5, 5.41) is 0. The number of thioether (sulfide) groups is 1. The van der Waals surface area contributed by atoms with Crippen LogP contribution < -0.4 is 5.73 Å². The highest BCUT2D eigenvalue weighted by molar-refractivity contribution is 8.00. The zero-order chi connectivity index (χ0) is 15.6. The lowest BCUT2D eigenvalue weighted by Gasteiger charge is -2.23. The Balaban J connectivity index is 2.21. The molecule has 116 valence electrons. The second-order valence-electron chi connectivity index (χ2n) is 6.34. The molecule has 5 nitrogen and oxygen atoms in total. The molecule has 1 aromatic rings. The van der Waals surface area contributed by atoms with Crippen molar-refractivity contribution in [1.82, 2.24) is 14.9 Å². The van der Waals surface area contributed by atoms with Gasteiger partial charge < -0.3 is 10.6 Å². The van der Waals surface area contributed by atoms with Gasteiger partial charge in [-0.05, 0) is 6.42 Å². The van der Waals surface area contributed by atoms with E-state index in [0.717, 1.165) is 25.3 Å². The van der Waals surface area contributed by atoms with Gasteiger partial charge in [0.1, 0.15) is 5.82 Å². The predicted octanol–water partition coefficient (Wildman–Crippen LogP) is 2.54. The molecule has 0 radical (unpaired) electrons. The third-order valence-corrected chi connectivity index (χ3v) is 5.05. The number of nitrogen functional groups attached to an aromatic ring is 1. The molecule has 0 unspecified atom stereocenters. The van der Waals surface area contributed by atoms with Crippen LogP contribution in [-0.4, -0.2) is 44.4 Å². The van der Waals surface area contributed by atoms with E-state index in [1.165, 1.54) is 0 Å². The van der Waals surface area contributed by atoms with Crippen molar-refractivity contribution in [1.29, 1.82) is 0 Å². The van der Waals surface area contributed by atoms with Crippen LogP contribution in [0.15, 0.2) is 6.20 Å². The lowest BCUT2D eigenvalue weighted by atomic mass is 10.1. The van der Waals surface area contributed by atoms with E-state index in [9.17, 15) is 4.79 Å². The zero-order valence-corrected chi connectivity index (χ0v) is 14.0. The number of hydrogen-bond acceptors (Lipinski definition) is 5. The van der Waals surface area contributed by atoms with E-state index >= 15 is 0 Å². The standard InChI is InChI=1S/C15H24N4OS/c1-10(2)13-17-9-11(16)12(18-13)14(20)19-6-5-15(3,4)21-8-7-19/h9-10H,5-8,16H2,1-4H3. The second kappa shape index (κ2) is 6.22. The fraction of sp³-hybridized carbons (Fsp3) is 0.667. The monoisotopic (exact) mass is 308 g/mol. The summed E-state index contributed by atoms with van der Waals surface area (Å²) >= 11 is 1.91. The van der Waals surface area contributed by atoms with Gasteiger partial charge in [0.15, 0.2) is 5.69 Å². The fourth-order valence-corrected chi connectivity index (χ4v) is 3.33. The van der Waals surface area contributed by atoms with Crippen molar-refractivity contribution in [3.63, 3.8) is 0 Å². The van der Waals surface area contributed by atoms with Crippen LogP contribution in [0, 0.1) is 0 Å². The van der Waals surface area contributed by atoms with Crippen molar-refractivity contribution in [3.05, 3.63) is 17.7 Å². The highest BCUT2D eigenvalue weighted by Crippen LogP contribution is 2.31. The summed E-state index contributed by atoms with van der Waals surface area (Å²) < 4.78 is 0.218. The van der Waals surface area contributed by atoms with E-state index in [1.807, 2.05) is 30.5 Å². The average Bonchev–Trinajstić information content (AvgIpc) is 2.59. The van der Waals surface area contributed by atoms with Crippen LogP contribution in [0.2, 0.25) is 0 Å². The minimum Gasteiger partial charge on any atom is -0.396 e. The summed E-state index contributed by atoms with van der Waals surface area (Å²) in [4.78, 5) is 23.1. The molecular weight excluding hydrogens is 284 g/mol. The van der Waals surface area contributed by atoms with Gasteiger partial charge in [0.05, 0.1) is 11.9 Å². The number of nitrogens with zero attached hydrogens (tertiary/aromatic N) is 3. The first-order valence-corrected chi connectivity index (χ1v) is 8.34. The number of anilines is 1. The number of carbonyl (C=O) groups is 1. The third kappa shape index (κ3) is 3.87. The van der Waals surface area contributed by atoms with Crippen LogP contribution >= 0.6 is 11.8 Å². The van der Waals surface area contributed by atoms with Crippen molar-refractivity contribution in [2.45, 2.75) is 44.8 Å². The van der Waals surface area contributed by atoms with E-state index in [1.54, 1.807) is 6.20 Å². The molecule has 0 aromatic carbocycles. The van der Waals surface area contributed by atoms with E-state index in [2.05, 4.69) is 23.8 Å². The summed E-state index contributed by atoms with van der Waals surface area (Å²) in [6, 6.07) is 0. The van der Waals surface area contributed by atoms with Crippen LogP contribution in [0.4, 0.5) is 5.69 Å². The van der Waals surface area contributed by atoms with Crippen LogP contribution in [0.3, 0.4) is 0 Å². The van der Waals surface area contributed by atoms with Crippen LogP contribution in [0.5, 0.6) is 0 Å². The zero-order valence-electron chi connectivity index (χ0n) is 13.2. The fourth-order valence-electron chi connectivity index (χ4n) is 2.23. The molecule has 1 amide bonds. The van der Waals surface area contributed by atoms with Gasteiger partial charge in [0.25, 0.3) is 5.91 Å². The lowest BCUT2D eigenvalue weighted by molar-refractivity contribution is 0.0759. The Hall–Kier alpha value is -1.30. The topological polar surface area (TPSA) is 72.1 Å². The summed E-state index contributed by atoms with van der Waals surface area (Å²) in [7, 11) is 0. The minimum atomic E-state index is -0.0740. The maximum Gasteiger partial charge on any atom is 0.274 e. The van der Waals surface area contributed by atoms with E-state index < -0.39 is 0 Å². The summed E-state index contributed by atoms with van der Waals surface area (Å²) in [5.41, 5.74) is 6.62. The third-order valence-electron chi connectivity index (χ3n) is 3.68. The summed E-state index contributed by atoms with van der Waals surface area (Å²) in [6.45, 7) is 9.95. The largest absolute Gasteiger partial charge is 0.396 e. The number of nitrogens with two attached hydrogens (primary N) is 1. The minimum absolute atomic E-state index is 0.0740. The Labute approximate surface area is 130 Å². The summed E-state index contributed by atoms with van der Waals surface area (Å²) in [5.74, 6) is 1.71. The normalized spacial score (nSPS) is 18.6. The maximum atomic E-state index is 12.7. The first kappa shape index (κ1) is 16.1. The number of aromatic nitrogens is 2. The molecule has 1 aliphatic rings. The highest BCUT2D eigenvalue weighted by Gasteiger charge is 2.28. The van der Waals surface area contributed by atoms with Crippen molar-refractivity contribution >= 4 is 23.4 Å². The van der Waals surface area contributed by atoms with Gasteiger partial charge >= 0.3 is 0 Å². The average molecular weight is 308 g/mol. The smallest absolute Gasteiger partial charge is 0.274 e. The lowest BCUT2D eigenvalue weighted by Crippen LogP contribution is -2.35. The van der Waals surface area contributed by atoms with Gasteiger partial charge in [-0.15, -0.1) is 0 Å². The maximum absolute atomic E-state index is 12.7. The van der Waals surface area contributed by atoms with Crippen molar-refractivity contribution in [3.8, 4) is 0 Å². The molecule has 1 saturated heterocycles. The molecule has 0 saturated carbocycles. The SMILES string of the molecule is CC(C)c1ncc(N)c(C(=O)N2CCSC(C)(C)CC2)n1. The van der Waals surface area contributed by atoms with Crippen molar-refractivity contribution < 1.29 is 4.79 Å². The van der Waals surface area contributed by atoms with Crippen LogP contribution in [-0.2, 0) is 0 Å². The Kier molecular flexibility index (Phi) is 4.76. The van der Waals surface area contributed by atoms with E-state index in [0.29, 0.717) is 17.2 Å². The van der Waals surface area contributed by atoms with E-state index in [4.69, 9.17) is 5.73 Å². The van der Waals surface area contributed by atoms with Crippen LogP contribution in [0.25, 0.3) is 0 Å². The Bertz CT molecular complexity index is 530. The second-order valence-corrected chi connectivity index (χ2v) is 8.14. The highest BCUT2D eigenvalue weighted by atomic mass is 32.2. The molecule has 2 heterocycles. The predicted molar refractivity (Wildman–Crippen MR) is 87.6 cm³/mol. The van der Waals surface area contributed by atoms with Crippen LogP contribution in [0.1, 0.15) is 56.3 Å². The van der Waals surface area contributed by atoms with Gasteiger partial charge in [0, 0.05) is 29.5 Å². The quantitative estimate of drug-likeness (QED) is 0.909. The number of amides is 1. The molecule has 0 aliphatic carbocycles. The molecule has 2 rings (SSSR count). The molecule has 0 spiro atoms. The molecule has 6 heteroatoms. The Morgan fingerprint density at radius 1 is 1.43 bits per heavy atom. The Morgan fingerprint density at radius 2 is 2.14 bits per heavy atom. The molecular formula is C15H24N4OS. The van der Waals surface area contributed by atoms with E-state index in [-0.39, 0.29) is 16.6 Å².